The number of ketones is 1. The van der Waals surface area contributed by atoms with Crippen LogP contribution in [0, 0.1) is 13.8 Å². The molecule has 116 valence electrons. The molecule has 2 N–H and O–H groups in total. The van der Waals surface area contributed by atoms with Gasteiger partial charge in [0, 0.05) is 0 Å². The van der Waals surface area contributed by atoms with E-state index in [1.54, 1.807) is 12.1 Å². The maximum atomic E-state index is 12.6. The van der Waals surface area contributed by atoms with Crippen LogP contribution >= 0.6 is 0 Å². The van der Waals surface area contributed by atoms with Crippen molar-refractivity contribution >= 4 is 11.8 Å². The highest BCUT2D eigenvalue weighted by atomic mass is 16.5. The predicted octanol–water partition coefficient (Wildman–Crippen LogP) is 2.34. The molecule has 0 saturated carbocycles. The standard InChI is InChI=1S/C16H23NO4/c1-5-6-17-13(9-15(18)19)16(20)12-7-10(2)11(3)8-14(12)21-4/h7-8,13,17H,5-6,9H2,1-4H3,(H,18,19). The number of carboxylic acids is 1. The van der Waals surface area contributed by atoms with Crippen LogP contribution in [0.25, 0.3) is 0 Å². The van der Waals surface area contributed by atoms with Crippen LogP contribution in [0.3, 0.4) is 0 Å². The number of benzene rings is 1. The number of ether oxygens (including phenoxy) is 1. The number of hydrogen-bond acceptors (Lipinski definition) is 4. The molecule has 21 heavy (non-hydrogen) atoms. The van der Waals surface area contributed by atoms with Crippen LogP contribution in [0.15, 0.2) is 12.1 Å². The molecule has 0 bridgehead atoms. The minimum Gasteiger partial charge on any atom is -0.496 e. The molecule has 5 heteroatoms. The van der Waals surface area contributed by atoms with E-state index in [0.29, 0.717) is 17.9 Å². The van der Waals surface area contributed by atoms with Crippen LogP contribution in [0.2, 0.25) is 0 Å². The summed E-state index contributed by atoms with van der Waals surface area (Å²) in [4.78, 5) is 23.6. The Hall–Kier alpha value is -1.88. The van der Waals surface area contributed by atoms with Crippen molar-refractivity contribution in [3.8, 4) is 5.75 Å². The quantitative estimate of drug-likeness (QED) is 0.720. The Bertz CT molecular complexity index is 525. The number of aliphatic carboxylic acids is 1. The highest BCUT2D eigenvalue weighted by molar-refractivity contribution is 6.04. The molecular weight excluding hydrogens is 270 g/mol. The molecule has 1 unspecified atom stereocenters. The first-order valence-electron chi connectivity index (χ1n) is 7.05. The van der Waals surface area contributed by atoms with Crippen molar-refractivity contribution < 1.29 is 19.4 Å². The SMILES string of the molecule is CCCNC(CC(=O)O)C(=O)c1cc(C)c(C)cc1OC. The minimum absolute atomic E-state index is 0.241. The lowest BCUT2D eigenvalue weighted by Crippen LogP contribution is -2.39. The van der Waals surface area contributed by atoms with E-state index in [9.17, 15) is 9.59 Å². The van der Waals surface area contributed by atoms with E-state index in [2.05, 4.69) is 5.32 Å². The fourth-order valence-corrected chi connectivity index (χ4v) is 2.09. The molecule has 0 saturated heterocycles. The van der Waals surface area contributed by atoms with E-state index in [4.69, 9.17) is 9.84 Å². The number of rotatable bonds is 8. The average Bonchev–Trinajstić information content (AvgIpc) is 2.44. The van der Waals surface area contributed by atoms with Crippen molar-refractivity contribution in [1.29, 1.82) is 0 Å². The second-order valence-electron chi connectivity index (χ2n) is 5.11. The zero-order chi connectivity index (χ0) is 16.0. The van der Waals surface area contributed by atoms with Gasteiger partial charge in [0.1, 0.15) is 5.75 Å². The van der Waals surface area contributed by atoms with Gasteiger partial charge in [-0.3, -0.25) is 9.59 Å². The third kappa shape index (κ3) is 4.56. The van der Waals surface area contributed by atoms with Gasteiger partial charge in [-0.2, -0.15) is 0 Å². The second kappa shape index (κ2) is 7.78. The number of carbonyl (C=O) groups excluding carboxylic acids is 1. The summed E-state index contributed by atoms with van der Waals surface area (Å²) in [5.41, 5.74) is 2.43. The molecule has 1 atom stereocenters. The highest BCUT2D eigenvalue weighted by Gasteiger charge is 2.25. The van der Waals surface area contributed by atoms with Crippen LogP contribution in [-0.4, -0.2) is 36.6 Å². The van der Waals surface area contributed by atoms with E-state index in [0.717, 1.165) is 17.5 Å². The topological polar surface area (TPSA) is 75.6 Å². The van der Waals surface area contributed by atoms with Crippen LogP contribution in [0.4, 0.5) is 0 Å². The van der Waals surface area contributed by atoms with Crippen molar-refractivity contribution in [2.75, 3.05) is 13.7 Å². The van der Waals surface area contributed by atoms with Crippen LogP contribution in [0.1, 0.15) is 41.3 Å². The summed E-state index contributed by atoms with van der Waals surface area (Å²) in [7, 11) is 1.51. The summed E-state index contributed by atoms with van der Waals surface area (Å²) in [6.07, 6.45) is 0.586. The fraction of sp³-hybridized carbons (Fsp3) is 0.500. The predicted molar refractivity (Wildman–Crippen MR) is 81.1 cm³/mol. The van der Waals surface area contributed by atoms with Gasteiger partial charge >= 0.3 is 5.97 Å². The lowest BCUT2D eigenvalue weighted by atomic mass is 9.96. The normalized spacial score (nSPS) is 12.0. The van der Waals surface area contributed by atoms with Gasteiger partial charge in [0.25, 0.3) is 0 Å². The van der Waals surface area contributed by atoms with Crippen LogP contribution < -0.4 is 10.1 Å². The molecule has 0 heterocycles. The van der Waals surface area contributed by atoms with Gasteiger partial charge in [-0.25, -0.2) is 0 Å². The summed E-state index contributed by atoms with van der Waals surface area (Å²) in [5, 5.41) is 12.0. The van der Waals surface area contributed by atoms with Gasteiger partial charge in [0.15, 0.2) is 5.78 Å². The summed E-state index contributed by atoms with van der Waals surface area (Å²) in [5.74, 6) is -0.762. The van der Waals surface area contributed by atoms with Gasteiger partial charge < -0.3 is 15.2 Å². The average molecular weight is 293 g/mol. The molecular formula is C16H23NO4. The smallest absolute Gasteiger partial charge is 0.305 e. The number of Topliss-reactive ketones (excluding diaryl/α,β-unsaturated/α-hetero) is 1. The lowest BCUT2D eigenvalue weighted by Gasteiger charge is -2.18. The minimum atomic E-state index is -1.00. The van der Waals surface area contributed by atoms with Crippen molar-refractivity contribution in [2.45, 2.75) is 39.7 Å². The molecule has 0 aliphatic heterocycles. The molecule has 0 fully saturated rings. The molecule has 0 amide bonds. The molecule has 5 nitrogen and oxygen atoms in total. The number of carboxylic acid groups (broad SMARTS) is 1. The van der Waals surface area contributed by atoms with E-state index < -0.39 is 12.0 Å². The Balaban J connectivity index is 3.12. The molecule has 1 rings (SSSR count). The maximum absolute atomic E-state index is 12.6. The molecule has 1 aromatic carbocycles. The number of nitrogens with one attached hydrogen (secondary N) is 1. The monoisotopic (exact) mass is 293 g/mol. The maximum Gasteiger partial charge on any atom is 0.305 e. The number of methoxy groups -OCH3 is 1. The van der Waals surface area contributed by atoms with Gasteiger partial charge in [0.05, 0.1) is 25.1 Å². The zero-order valence-corrected chi connectivity index (χ0v) is 13.0. The first-order chi connectivity index (χ1) is 9.90. The molecule has 0 radical (unpaired) electrons. The Morgan fingerprint density at radius 1 is 1.29 bits per heavy atom. The summed E-state index contributed by atoms with van der Waals surface area (Å²) < 4.78 is 5.27. The molecule has 0 aromatic heterocycles. The molecule has 0 aliphatic rings. The van der Waals surface area contributed by atoms with Crippen LogP contribution in [-0.2, 0) is 4.79 Å². The molecule has 0 aliphatic carbocycles. The van der Waals surface area contributed by atoms with Gasteiger partial charge in [0.2, 0.25) is 0 Å². The van der Waals surface area contributed by atoms with E-state index in [-0.39, 0.29) is 12.2 Å². The molecule has 0 spiro atoms. The van der Waals surface area contributed by atoms with Gasteiger partial charge in [-0.05, 0) is 50.1 Å². The van der Waals surface area contributed by atoms with Crippen molar-refractivity contribution in [1.82, 2.24) is 5.32 Å². The van der Waals surface area contributed by atoms with E-state index in [1.807, 2.05) is 20.8 Å². The Morgan fingerprint density at radius 3 is 2.43 bits per heavy atom. The highest BCUT2D eigenvalue weighted by Crippen LogP contribution is 2.25. The van der Waals surface area contributed by atoms with Gasteiger partial charge in [-0.1, -0.05) is 6.92 Å². The van der Waals surface area contributed by atoms with E-state index in [1.165, 1.54) is 7.11 Å². The zero-order valence-electron chi connectivity index (χ0n) is 13.0. The number of carbonyl (C=O) groups is 2. The lowest BCUT2D eigenvalue weighted by molar-refractivity contribution is -0.137. The first-order valence-corrected chi connectivity index (χ1v) is 7.05. The van der Waals surface area contributed by atoms with Crippen molar-refractivity contribution in [3.63, 3.8) is 0 Å². The summed E-state index contributed by atoms with van der Waals surface area (Å²) in [6.45, 7) is 6.41. The van der Waals surface area contributed by atoms with E-state index >= 15 is 0 Å². The number of aryl methyl sites for hydroxylation is 2. The summed E-state index contributed by atoms with van der Waals surface area (Å²) >= 11 is 0. The van der Waals surface area contributed by atoms with Crippen molar-refractivity contribution in [3.05, 3.63) is 28.8 Å². The third-order valence-electron chi connectivity index (χ3n) is 3.42. The fourth-order valence-electron chi connectivity index (χ4n) is 2.09. The Morgan fingerprint density at radius 2 is 1.90 bits per heavy atom. The Labute approximate surface area is 125 Å². The summed E-state index contributed by atoms with van der Waals surface area (Å²) in [6, 6.07) is 2.83. The number of hydrogen-bond donors (Lipinski definition) is 2. The van der Waals surface area contributed by atoms with Crippen LogP contribution in [0.5, 0.6) is 5.75 Å². The second-order valence-corrected chi connectivity index (χ2v) is 5.11. The van der Waals surface area contributed by atoms with Crippen molar-refractivity contribution in [2.24, 2.45) is 0 Å². The largest absolute Gasteiger partial charge is 0.496 e. The Kier molecular flexibility index (Phi) is 6.37. The third-order valence-corrected chi connectivity index (χ3v) is 3.42. The first kappa shape index (κ1) is 17.2. The molecule has 1 aromatic rings. The van der Waals surface area contributed by atoms with Gasteiger partial charge in [-0.15, -0.1) is 0 Å².